The number of ether oxygens (including phenoxy) is 1. The lowest BCUT2D eigenvalue weighted by molar-refractivity contribution is -0.117. The van der Waals surface area contributed by atoms with Crippen LogP contribution in [0.5, 0.6) is 5.75 Å². The number of para-hydroxylation sites is 1. The van der Waals surface area contributed by atoms with Crippen LogP contribution in [0.2, 0.25) is 0 Å². The summed E-state index contributed by atoms with van der Waals surface area (Å²) < 4.78 is 5.76. The van der Waals surface area contributed by atoms with Gasteiger partial charge in [0.1, 0.15) is 12.4 Å². The van der Waals surface area contributed by atoms with Crippen molar-refractivity contribution < 1.29 is 9.53 Å². The first kappa shape index (κ1) is 18.4. The van der Waals surface area contributed by atoms with Crippen LogP contribution in [0.15, 0.2) is 54.6 Å². The number of hydrogen-bond acceptors (Lipinski definition) is 4. The van der Waals surface area contributed by atoms with E-state index in [2.05, 4.69) is 15.1 Å². The Bertz CT molecular complexity index is 680. The fourth-order valence-corrected chi connectivity index (χ4v) is 3.02. The number of piperazine rings is 1. The van der Waals surface area contributed by atoms with Gasteiger partial charge in [-0.1, -0.05) is 35.9 Å². The Labute approximate surface area is 155 Å². The average molecular weight is 353 g/mol. The second kappa shape index (κ2) is 9.36. The van der Waals surface area contributed by atoms with Crippen LogP contribution in [0.1, 0.15) is 5.56 Å². The molecule has 1 aliphatic rings. The summed E-state index contributed by atoms with van der Waals surface area (Å²) in [4.78, 5) is 16.8. The van der Waals surface area contributed by atoms with E-state index in [0.29, 0.717) is 13.2 Å². The highest BCUT2D eigenvalue weighted by molar-refractivity contribution is 5.92. The van der Waals surface area contributed by atoms with E-state index in [1.807, 2.05) is 61.5 Å². The minimum absolute atomic E-state index is 0.0507. The number of carbonyl (C=O) groups is 1. The molecule has 1 N–H and O–H groups in total. The molecule has 5 heteroatoms. The van der Waals surface area contributed by atoms with Crippen molar-refractivity contribution in [1.82, 2.24) is 9.80 Å². The van der Waals surface area contributed by atoms with Gasteiger partial charge in [-0.05, 0) is 31.2 Å². The highest BCUT2D eigenvalue weighted by Gasteiger charge is 2.18. The van der Waals surface area contributed by atoms with Crippen molar-refractivity contribution in [3.05, 3.63) is 60.2 Å². The SMILES string of the molecule is Cc1ccc(NC(=O)CN2CCN(CCOc3ccccc3)CC2)cc1. The number of hydrogen-bond donors (Lipinski definition) is 1. The van der Waals surface area contributed by atoms with Crippen molar-refractivity contribution >= 4 is 11.6 Å². The summed E-state index contributed by atoms with van der Waals surface area (Å²) in [5.74, 6) is 0.966. The molecule has 0 spiro atoms. The number of rotatable bonds is 7. The van der Waals surface area contributed by atoms with Gasteiger partial charge < -0.3 is 10.1 Å². The van der Waals surface area contributed by atoms with Gasteiger partial charge >= 0.3 is 0 Å². The van der Waals surface area contributed by atoms with Crippen molar-refractivity contribution in [3.63, 3.8) is 0 Å². The molecule has 1 amide bonds. The third-order valence-corrected chi connectivity index (χ3v) is 4.59. The van der Waals surface area contributed by atoms with Gasteiger partial charge in [0.05, 0.1) is 6.54 Å². The average Bonchev–Trinajstić information content (AvgIpc) is 2.66. The molecule has 5 nitrogen and oxygen atoms in total. The summed E-state index contributed by atoms with van der Waals surface area (Å²) in [6.45, 7) is 7.85. The van der Waals surface area contributed by atoms with Gasteiger partial charge in [0, 0.05) is 38.4 Å². The van der Waals surface area contributed by atoms with E-state index in [1.165, 1.54) is 5.56 Å². The summed E-state index contributed by atoms with van der Waals surface area (Å²) in [5.41, 5.74) is 2.05. The van der Waals surface area contributed by atoms with Crippen LogP contribution in [-0.4, -0.2) is 61.6 Å². The van der Waals surface area contributed by atoms with Crippen molar-refractivity contribution in [3.8, 4) is 5.75 Å². The van der Waals surface area contributed by atoms with Gasteiger partial charge in [-0.15, -0.1) is 0 Å². The number of amides is 1. The van der Waals surface area contributed by atoms with Crippen LogP contribution in [0.4, 0.5) is 5.69 Å². The third-order valence-electron chi connectivity index (χ3n) is 4.59. The highest BCUT2D eigenvalue weighted by Crippen LogP contribution is 2.10. The molecular weight excluding hydrogens is 326 g/mol. The quantitative estimate of drug-likeness (QED) is 0.831. The first-order valence-corrected chi connectivity index (χ1v) is 9.18. The Morgan fingerprint density at radius 1 is 0.962 bits per heavy atom. The fraction of sp³-hybridized carbons (Fsp3) is 0.381. The lowest BCUT2D eigenvalue weighted by Crippen LogP contribution is -2.49. The minimum atomic E-state index is 0.0507. The van der Waals surface area contributed by atoms with Crippen LogP contribution >= 0.6 is 0 Å². The third kappa shape index (κ3) is 5.86. The fourth-order valence-electron chi connectivity index (χ4n) is 3.02. The summed E-state index contributed by atoms with van der Waals surface area (Å²) >= 11 is 0. The van der Waals surface area contributed by atoms with Gasteiger partial charge in [0.25, 0.3) is 0 Å². The Morgan fingerprint density at radius 3 is 2.31 bits per heavy atom. The van der Waals surface area contributed by atoms with Crippen molar-refractivity contribution in [2.45, 2.75) is 6.92 Å². The van der Waals surface area contributed by atoms with E-state index in [0.717, 1.165) is 44.2 Å². The number of nitrogens with one attached hydrogen (secondary N) is 1. The topological polar surface area (TPSA) is 44.8 Å². The van der Waals surface area contributed by atoms with E-state index < -0.39 is 0 Å². The largest absolute Gasteiger partial charge is 0.492 e. The molecule has 0 radical (unpaired) electrons. The normalized spacial score (nSPS) is 15.6. The molecule has 1 saturated heterocycles. The second-order valence-corrected chi connectivity index (χ2v) is 6.69. The van der Waals surface area contributed by atoms with Crippen molar-refractivity contribution in [2.24, 2.45) is 0 Å². The summed E-state index contributed by atoms with van der Waals surface area (Å²) in [7, 11) is 0. The molecule has 0 atom stereocenters. The number of benzene rings is 2. The van der Waals surface area contributed by atoms with Crippen LogP contribution in [-0.2, 0) is 4.79 Å². The van der Waals surface area contributed by atoms with Gasteiger partial charge in [-0.25, -0.2) is 0 Å². The monoisotopic (exact) mass is 353 g/mol. The predicted molar refractivity (Wildman–Crippen MR) is 105 cm³/mol. The summed E-state index contributed by atoms with van der Waals surface area (Å²) in [6, 6.07) is 17.8. The molecule has 1 aliphatic heterocycles. The standard InChI is InChI=1S/C21H27N3O2/c1-18-7-9-19(10-8-18)22-21(25)17-24-13-11-23(12-14-24)15-16-26-20-5-3-2-4-6-20/h2-10H,11-17H2,1H3,(H,22,25). The maximum Gasteiger partial charge on any atom is 0.238 e. The molecule has 3 rings (SSSR count). The van der Waals surface area contributed by atoms with E-state index in [1.54, 1.807) is 0 Å². The number of carbonyl (C=O) groups excluding carboxylic acids is 1. The summed E-state index contributed by atoms with van der Waals surface area (Å²) in [6.07, 6.45) is 0. The van der Waals surface area contributed by atoms with Gasteiger partial charge in [-0.3, -0.25) is 14.6 Å². The molecule has 1 heterocycles. The predicted octanol–water partition coefficient (Wildman–Crippen LogP) is 2.63. The van der Waals surface area contributed by atoms with E-state index in [-0.39, 0.29) is 5.91 Å². The first-order chi connectivity index (χ1) is 12.7. The molecule has 1 fully saturated rings. The van der Waals surface area contributed by atoms with Crippen LogP contribution in [0.25, 0.3) is 0 Å². The maximum absolute atomic E-state index is 12.2. The highest BCUT2D eigenvalue weighted by atomic mass is 16.5. The van der Waals surface area contributed by atoms with Gasteiger partial charge in [0.15, 0.2) is 0 Å². The van der Waals surface area contributed by atoms with Gasteiger partial charge in [0.2, 0.25) is 5.91 Å². The molecule has 0 aliphatic carbocycles. The summed E-state index contributed by atoms with van der Waals surface area (Å²) in [5, 5.41) is 2.97. The first-order valence-electron chi connectivity index (χ1n) is 9.18. The number of anilines is 1. The number of nitrogens with zero attached hydrogens (tertiary/aromatic N) is 2. The number of aryl methyl sites for hydroxylation is 1. The Hall–Kier alpha value is -2.37. The van der Waals surface area contributed by atoms with Crippen LogP contribution < -0.4 is 10.1 Å². The lowest BCUT2D eigenvalue weighted by Gasteiger charge is -2.34. The molecule has 2 aromatic rings. The second-order valence-electron chi connectivity index (χ2n) is 6.69. The Kier molecular flexibility index (Phi) is 6.63. The molecule has 2 aromatic carbocycles. The molecular formula is C21H27N3O2. The van der Waals surface area contributed by atoms with Crippen LogP contribution in [0, 0.1) is 6.92 Å². The molecule has 0 bridgehead atoms. The maximum atomic E-state index is 12.2. The van der Waals surface area contributed by atoms with Crippen LogP contribution in [0.3, 0.4) is 0 Å². The Morgan fingerprint density at radius 2 is 1.62 bits per heavy atom. The molecule has 26 heavy (non-hydrogen) atoms. The smallest absolute Gasteiger partial charge is 0.238 e. The molecule has 0 aromatic heterocycles. The minimum Gasteiger partial charge on any atom is -0.492 e. The molecule has 0 unspecified atom stereocenters. The van der Waals surface area contributed by atoms with Gasteiger partial charge in [-0.2, -0.15) is 0 Å². The molecule has 138 valence electrons. The van der Waals surface area contributed by atoms with E-state index in [9.17, 15) is 4.79 Å². The zero-order valence-electron chi connectivity index (χ0n) is 15.4. The van der Waals surface area contributed by atoms with E-state index >= 15 is 0 Å². The van der Waals surface area contributed by atoms with E-state index in [4.69, 9.17) is 4.74 Å². The van der Waals surface area contributed by atoms with Crippen molar-refractivity contribution in [2.75, 3.05) is 51.2 Å². The zero-order chi connectivity index (χ0) is 18.2. The van der Waals surface area contributed by atoms with Crippen molar-refractivity contribution in [1.29, 1.82) is 0 Å². The Balaban J connectivity index is 1.33. The lowest BCUT2D eigenvalue weighted by atomic mass is 10.2. The molecule has 0 saturated carbocycles. The zero-order valence-corrected chi connectivity index (χ0v) is 15.4.